The maximum Gasteiger partial charge on any atom is 0.308 e. The first-order chi connectivity index (χ1) is 12.5. The van der Waals surface area contributed by atoms with Crippen molar-refractivity contribution in [3.8, 4) is 0 Å². The number of hydrogen-bond acceptors (Lipinski definition) is 4. The number of hydrogen-bond donors (Lipinski definition) is 2. The Hall–Kier alpha value is -2.02. The molecule has 2 atom stereocenters. The molecular formula is C19H26N2O4S. The number of thioether (sulfide) groups is 1. The molecule has 0 spiro atoms. The fourth-order valence-electron chi connectivity index (χ4n) is 2.86. The third kappa shape index (κ3) is 5.76. The van der Waals surface area contributed by atoms with Crippen molar-refractivity contribution in [2.24, 2.45) is 5.92 Å². The predicted octanol–water partition coefficient (Wildman–Crippen LogP) is 2.14. The zero-order valence-electron chi connectivity index (χ0n) is 15.0. The lowest BCUT2D eigenvalue weighted by molar-refractivity contribution is -0.142. The van der Waals surface area contributed by atoms with Gasteiger partial charge >= 0.3 is 5.97 Å². The number of unbranched alkanes of at least 4 members (excludes halogenated alkanes) is 1. The van der Waals surface area contributed by atoms with Gasteiger partial charge < -0.3 is 15.3 Å². The molecule has 26 heavy (non-hydrogen) atoms. The second-order valence-electron chi connectivity index (χ2n) is 6.45. The van der Waals surface area contributed by atoms with Crippen LogP contribution in [0.4, 0.5) is 0 Å². The van der Waals surface area contributed by atoms with Crippen molar-refractivity contribution >= 4 is 29.5 Å². The molecule has 2 amide bonds. The highest BCUT2D eigenvalue weighted by Gasteiger charge is 2.34. The maximum absolute atomic E-state index is 12.5. The Morgan fingerprint density at radius 2 is 2.04 bits per heavy atom. The van der Waals surface area contributed by atoms with Gasteiger partial charge in [0.1, 0.15) is 6.04 Å². The summed E-state index contributed by atoms with van der Waals surface area (Å²) in [6.45, 7) is 2.08. The van der Waals surface area contributed by atoms with Gasteiger partial charge in [0.25, 0.3) is 0 Å². The Morgan fingerprint density at radius 3 is 2.69 bits per heavy atom. The minimum absolute atomic E-state index is 0.00364. The lowest BCUT2D eigenvalue weighted by atomic mass is 9.99. The van der Waals surface area contributed by atoms with E-state index in [1.54, 1.807) is 16.7 Å². The van der Waals surface area contributed by atoms with E-state index in [2.05, 4.69) is 5.32 Å². The molecule has 1 aromatic carbocycles. The number of carbonyl (C=O) groups is 3. The molecule has 0 saturated carbocycles. The number of benzene rings is 1. The van der Waals surface area contributed by atoms with Crippen molar-refractivity contribution < 1.29 is 19.5 Å². The fraction of sp³-hybridized carbons (Fsp3) is 0.526. The van der Waals surface area contributed by atoms with Crippen LogP contribution in [0.2, 0.25) is 0 Å². The Labute approximate surface area is 158 Å². The molecule has 1 heterocycles. The first-order valence-electron chi connectivity index (χ1n) is 8.94. The standard InChI is InChI=1S/C19H26N2O4S/c1-2-3-9-17(22)21-13-26-12-16(21)18(23)20-11-15(19(24)25)10-14-7-5-4-6-8-14/h4-8,15-16H,2-3,9-13H2,1H3,(H,20,23)(H,24,25). The van der Waals surface area contributed by atoms with Crippen LogP contribution < -0.4 is 5.32 Å². The van der Waals surface area contributed by atoms with Gasteiger partial charge in [-0.3, -0.25) is 14.4 Å². The molecule has 142 valence electrons. The molecule has 2 rings (SSSR count). The van der Waals surface area contributed by atoms with Gasteiger partial charge in [0.15, 0.2) is 0 Å². The Balaban J connectivity index is 1.90. The second-order valence-corrected chi connectivity index (χ2v) is 7.45. The smallest absolute Gasteiger partial charge is 0.308 e. The minimum Gasteiger partial charge on any atom is -0.481 e. The number of nitrogens with one attached hydrogen (secondary N) is 1. The van der Waals surface area contributed by atoms with E-state index in [0.717, 1.165) is 18.4 Å². The number of amides is 2. The first kappa shape index (κ1) is 20.3. The maximum atomic E-state index is 12.5. The predicted molar refractivity (Wildman–Crippen MR) is 102 cm³/mol. The second kappa shape index (κ2) is 10.2. The van der Waals surface area contributed by atoms with Crippen LogP contribution in [-0.2, 0) is 20.8 Å². The number of aliphatic carboxylic acids is 1. The summed E-state index contributed by atoms with van der Waals surface area (Å²) in [6, 6.07) is 8.85. The van der Waals surface area contributed by atoms with Crippen molar-refractivity contribution in [1.82, 2.24) is 10.2 Å². The number of rotatable bonds is 9. The summed E-state index contributed by atoms with van der Waals surface area (Å²) < 4.78 is 0. The molecule has 2 unspecified atom stereocenters. The Bertz CT molecular complexity index is 623. The average Bonchev–Trinajstić information content (AvgIpc) is 3.13. The number of carbonyl (C=O) groups excluding carboxylic acids is 2. The van der Waals surface area contributed by atoms with Crippen LogP contribution in [-0.4, -0.2) is 52.0 Å². The average molecular weight is 378 g/mol. The fourth-order valence-corrected chi connectivity index (χ4v) is 4.04. The van der Waals surface area contributed by atoms with Gasteiger partial charge in [-0.05, 0) is 18.4 Å². The lowest BCUT2D eigenvalue weighted by Crippen LogP contribution is -2.48. The van der Waals surface area contributed by atoms with Crippen LogP contribution in [0.3, 0.4) is 0 Å². The van der Waals surface area contributed by atoms with E-state index in [9.17, 15) is 19.5 Å². The van der Waals surface area contributed by atoms with E-state index in [1.165, 1.54) is 0 Å². The summed E-state index contributed by atoms with van der Waals surface area (Å²) in [5.74, 6) is -0.826. The highest BCUT2D eigenvalue weighted by Crippen LogP contribution is 2.22. The molecule has 0 aromatic heterocycles. The van der Waals surface area contributed by atoms with Gasteiger partial charge in [0, 0.05) is 18.7 Å². The van der Waals surface area contributed by atoms with E-state index in [-0.39, 0.29) is 18.4 Å². The molecule has 6 nitrogen and oxygen atoms in total. The lowest BCUT2D eigenvalue weighted by Gasteiger charge is -2.24. The largest absolute Gasteiger partial charge is 0.481 e. The summed E-state index contributed by atoms with van der Waals surface area (Å²) in [4.78, 5) is 37.9. The first-order valence-corrected chi connectivity index (χ1v) is 10.1. The molecule has 0 radical (unpaired) electrons. The zero-order valence-corrected chi connectivity index (χ0v) is 15.8. The van der Waals surface area contributed by atoms with Crippen LogP contribution in [0, 0.1) is 5.92 Å². The molecular weight excluding hydrogens is 352 g/mol. The monoisotopic (exact) mass is 378 g/mol. The Morgan fingerprint density at radius 1 is 1.31 bits per heavy atom. The molecule has 1 aliphatic heterocycles. The summed E-state index contributed by atoms with van der Waals surface area (Å²) >= 11 is 1.55. The van der Waals surface area contributed by atoms with Gasteiger partial charge in [-0.2, -0.15) is 0 Å². The number of carboxylic acids is 1. The molecule has 7 heteroatoms. The van der Waals surface area contributed by atoms with E-state index in [4.69, 9.17) is 0 Å². The van der Waals surface area contributed by atoms with E-state index >= 15 is 0 Å². The van der Waals surface area contributed by atoms with Crippen molar-refractivity contribution in [2.45, 2.75) is 38.6 Å². The van der Waals surface area contributed by atoms with E-state index < -0.39 is 17.9 Å². The third-order valence-electron chi connectivity index (χ3n) is 4.45. The minimum atomic E-state index is -0.939. The number of nitrogens with zero attached hydrogens (tertiary/aromatic N) is 1. The molecule has 2 N–H and O–H groups in total. The van der Waals surface area contributed by atoms with Crippen molar-refractivity contribution in [2.75, 3.05) is 18.2 Å². The number of carboxylic acid groups (broad SMARTS) is 1. The van der Waals surface area contributed by atoms with E-state index in [0.29, 0.717) is 24.5 Å². The van der Waals surface area contributed by atoms with Crippen molar-refractivity contribution in [3.63, 3.8) is 0 Å². The topological polar surface area (TPSA) is 86.7 Å². The zero-order chi connectivity index (χ0) is 18.9. The van der Waals surface area contributed by atoms with Gasteiger partial charge in [-0.25, -0.2) is 0 Å². The van der Waals surface area contributed by atoms with Crippen LogP contribution in [0.1, 0.15) is 31.7 Å². The molecule has 1 aliphatic rings. The highest BCUT2D eigenvalue weighted by atomic mass is 32.2. The van der Waals surface area contributed by atoms with Gasteiger partial charge in [-0.15, -0.1) is 11.8 Å². The molecule has 0 aliphatic carbocycles. The van der Waals surface area contributed by atoms with Crippen LogP contribution in [0.15, 0.2) is 30.3 Å². The van der Waals surface area contributed by atoms with Crippen molar-refractivity contribution in [1.29, 1.82) is 0 Å². The summed E-state index contributed by atoms with van der Waals surface area (Å²) in [6.07, 6.45) is 2.55. The van der Waals surface area contributed by atoms with Crippen LogP contribution in [0.25, 0.3) is 0 Å². The molecule has 0 bridgehead atoms. The molecule has 1 saturated heterocycles. The summed E-state index contributed by atoms with van der Waals surface area (Å²) in [7, 11) is 0. The van der Waals surface area contributed by atoms with E-state index in [1.807, 2.05) is 37.3 Å². The quantitative estimate of drug-likeness (QED) is 0.687. The van der Waals surface area contributed by atoms with Gasteiger partial charge in [-0.1, -0.05) is 43.7 Å². The van der Waals surface area contributed by atoms with Gasteiger partial charge in [0.05, 0.1) is 11.8 Å². The summed E-state index contributed by atoms with van der Waals surface area (Å²) in [5.41, 5.74) is 0.918. The molecule has 1 aromatic rings. The SMILES string of the molecule is CCCCC(=O)N1CSCC1C(=O)NCC(Cc1ccccc1)C(=O)O. The molecule has 1 fully saturated rings. The van der Waals surface area contributed by atoms with Crippen LogP contribution >= 0.6 is 11.8 Å². The normalized spacial score (nSPS) is 17.7. The summed E-state index contributed by atoms with van der Waals surface area (Å²) in [5, 5.41) is 12.2. The van der Waals surface area contributed by atoms with Crippen LogP contribution in [0.5, 0.6) is 0 Å². The third-order valence-corrected chi connectivity index (χ3v) is 5.46. The highest BCUT2D eigenvalue weighted by molar-refractivity contribution is 7.99. The van der Waals surface area contributed by atoms with Crippen molar-refractivity contribution in [3.05, 3.63) is 35.9 Å². The van der Waals surface area contributed by atoms with Gasteiger partial charge in [0.2, 0.25) is 11.8 Å². The Kier molecular flexibility index (Phi) is 7.97.